The lowest BCUT2D eigenvalue weighted by Gasteiger charge is -2.19. The van der Waals surface area contributed by atoms with Crippen LogP contribution in [0.5, 0.6) is 11.5 Å². The molecule has 0 saturated heterocycles. The average molecular weight is 525 g/mol. The minimum absolute atomic E-state index is 0.0956. The summed E-state index contributed by atoms with van der Waals surface area (Å²) in [4.78, 5) is 23.9. The van der Waals surface area contributed by atoms with Gasteiger partial charge in [0.15, 0.2) is 12.2 Å². The van der Waals surface area contributed by atoms with E-state index in [2.05, 4.69) is 26.3 Å². The summed E-state index contributed by atoms with van der Waals surface area (Å²) in [6.45, 7) is 18.8. The van der Waals surface area contributed by atoms with Crippen LogP contribution in [0.3, 0.4) is 0 Å². The molecular formula is C30H36O8. The third kappa shape index (κ3) is 10.6. The van der Waals surface area contributed by atoms with Crippen molar-refractivity contribution in [1.29, 1.82) is 0 Å². The van der Waals surface area contributed by atoms with Crippen LogP contribution >= 0.6 is 0 Å². The van der Waals surface area contributed by atoms with Gasteiger partial charge < -0.3 is 28.4 Å². The van der Waals surface area contributed by atoms with Crippen LogP contribution in [0.25, 0.3) is 10.8 Å². The van der Waals surface area contributed by atoms with E-state index in [1.54, 1.807) is 26.0 Å². The molecule has 8 nitrogen and oxygen atoms in total. The second-order valence-corrected chi connectivity index (χ2v) is 8.56. The quantitative estimate of drug-likeness (QED) is 0.117. The molecular weight excluding hydrogens is 488 g/mol. The Morgan fingerprint density at radius 2 is 1.13 bits per heavy atom. The van der Waals surface area contributed by atoms with Crippen LogP contribution in [0.4, 0.5) is 0 Å². The van der Waals surface area contributed by atoms with Crippen LogP contribution in [0, 0.1) is 0 Å². The van der Waals surface area contributed by atoms with Gasteiger partial charge in [0.05, 0.1) is 26.4 Å². The van der Waals surface area contributed by atoms with Crippen molar-refractivity contribution in [2.45, 2.75) is 26.1 Å². The maximum Gasteiger partial charge on any atom is 0.333 e. The van der Waals surface area contributed by atoms with Gasteiger partial charge in [-0.1, -0.05) is 37.4 Å². The highest BCUT2D eigenvalue weighted by atomic mass is 16.6. The number of carbonyl (C=O) groups excluding carboxylic acids is 2. The summed E-state index contributed by atoms with van der Waals surface area (Å²) in [5.74, 6) is 0.146. The smallest absolute Gasteiger partial charge is 0.333 e. The van der Waals surface area contributed by atoms with E-state index >= 15 is 0 Å². The Labute approximate surface area is 224 Å². The zero-order valence-electron chi connectivity index (χ0n) is 22.1. The number of benzene rings is 2. The minimum Gasteiger partial charge on any atom is -0.490 e. The molecule has 204 valence electrons. The van der Waals surface area contributed by atoms with Crippen LogP contribution in [-0.2, 0) is 28.5 Å². The first-order valence-electron chi connectivity index (χ1n) is 12.1. The van der Waals surface area contributed by atoms with Gasteiger partial charge in [-0.15, -0.1) is 13.2 Å². The monoisotopic (exact) mass is 524 g/mol. The number of fused-ring (bicyclic) bond motifs is 1. The number of hydrogen-bond acceptors (Lipinski definition) is 8. The van der Waals surface area contributed by atoms with Gasteiger partial charge >= 0.3 is 11.9 Å². The highest BCUT2D eigenvalue weighted by Gasteiger charge is 2.18. The molecule has 0 aliphatic rings. The highest BCUT2D eigenvalue weighted by Crippen LogP contribution is 2.25. The molecule has 8 heteroatoms. The first kappa shape index (κ1) is 30.3. The van der Waals surface area contributed by atoms with Crippen molar-refractivity contribution in [1.82, 2.24) is 0 Å². The Morgan fingerprint density at radius 1 is 0.711 bits per heavy atom. The number of hydrogen-bond donors (Lipinski definition) is 0. The average Bonchev–Trinajstić information content (AvgIpc) is 2.89. The maximum absolute atomic E-state index is 12.0. The fourth-order valence-corrected chi connectivity index (χ4v) is 3.06. The summed E-state index contributed by atoms with van der Waals surface area (Å²) in [5.41, 5.74) is 0.585. The Bertz CT molecular complexity index is 1050. The molecule has 2 aromatic rings. The summed E-state index contributed by atoms with van der Waals surface area (Å²) in [6.07, 6.45) is 1.99. The summed E-state index contributed by atoms with van der Waals surface area (Å²) in [5, 5.41) is 1.85. The van der Waals surface area contributed by atoms with Gasteiger partial charge in [-0.3, -0.25) is 0 Å². The van der Waals surface area contributed by atoms with Crippen molar-refractivity contribution in [2.75, 3.05) is 39.6 Å². The van der Waals surface area contributed by atoms with Gasteiger partial charge in [0, 0.05) is 11.1 Å². The molecule has 0 N–H and O–H groups in total. The molecule has 0 amide bonds. The van der Waals surface area contributed by atoms with Gasteiger partial charge in [-0.25, -0.2) is 9.59 Å². The fourth-order valence-electron chi connectivity index (χ4n) is 3.06. The van der Waals surface area contributed by atoms with Crippen molar-refractivity contribution in [3.05, 3.63) is 86.0 Å². The van der Waals surface area contributed by atoms with Crippen molar-refractivity contribution < 1.29 is 38.0 Å². The van der Waals surface area contributed by atoms with Crippen LogP contribution in [0.2, 0.25) is 0 Å². The molecule has 0 saturated carbocycles. The molecule has 38 heavy (non-hydrogen) atoms. The van der Waals surface area contributed by atoms with Crippen molar-refractivity contribution in [3.8, 4) is 11.5 Å². The lowest BCUT2D eigenvalue weighted by atomic mass is 10.1. The first-order chi connectivity index (χ1) is 18.2. The Hall–Kier alpha value is -3.88. The third-order valence-corrected chi connectivity index (χ3v) is 4.98. The van der Waals surface area contributed by atoms with Gasteiger partial charge in [0.25, 0.3) is 0 Å². The van der Waals surface area contributed by atoms with E-state index in [1.165, 1.54) is 0 Å². The molecule has 2 aromatic carbocycles. The topological polar surface area (TPSA) is 89.5 Å². The molecule has 2 rings (SSSR count). The molecule has 0 aliphatic heterocycles. The lowest BCUT2D eigenvalue weighted by Crippen LogP contribution is -2.30. The third-order valence-electron chi connectivity index (χ3n) is 4.98. The Morgan fingerprint density at radius 3 is 1.50 bits per heavy atom. The van der Waals surface area contributed by atoms with Gasteiger partial charge in [-0.2, -0.15) is 0 Å². The van der Waals surface area contributed by atoms with Crippen LogP contribution in [0.1, 0.15) is 13.8 Å². The van der Waals surface area contributed by atoms with Gasteiger partial charge in [-0.05, 0) is 48.9 Å². The molecule has 2 atom stereocenters. The first-order valence-corrected chi connectivity index (χ1v) is 12.1. The number of carbonyl (C=O) groups is 2. The number of esters is 2. The van der Waals surface area contributed by atoms with E-state index in [4.69, 9.17) is 28.4 Å². The molecule has 0 heterocycles. The zero-order valence-corrected chi connectivity index (χ0v) is 22.1. The Kier molecular flexibility index (Phi) is 12.8. The predicted octanol–water partition coefficient (Wildman–Crippen LogP) is 4.98. The molecule has 0 radical (unpaired) electrons. The summed E-state index contributed by atoms with van der Waals surface area (Å²) in [7, 11) is 0. The second kappa shape index (κ2) is 16.1. The van der Waals surface area contributed by atoms with Crippen LogP contribution in [-0.4, -0.2) is 63.8 Å². The van der Waals surface area contributed by atoms with Crippen molar-refractivity contribution >= 4 is 22.7 Å². The largest absolute Gasteiger partial charge is 0.490 e. The second-order valence-electron chi connectivity index (χ2n) is 8.56. The maximum atomic E-state index is 12.0. The Balaban J connectivity index is 2.07. The van der Waals surface area contributed by atoms with E-state index in [0.717, 1.165) is 10.8 Å². The molecule has 0 bridgehead atoms. The molecule has 0 aromatic heterocycles. The SMILES string of the molecule is C=CCOCC(COc1ccc2ccc(OCC(COCC=C)OC(=O)C(=C)C)cc2c1)OC(=O)C(=C)C. The van der Waals surface area contributed by atoms with Crippen LogP contribution in [0.15, 0.2) is 86.0 Å². The predicted molar refractivity (Wildman–Crippen MR) is 146 cm³/mol. The molecule has 0 fully saturated rings. The van der Waals surface area contributed by atoms with E-state index in [1.807, 2.05) is 36.4 Å². The van der Waals surface area contributed by atoms with Gasteiger partial charge in [0.1, 0.15) is 24.7 Å². The number of ether oxygens (including phenoxy) is 6. The normalized spacial score (nSPS) is 12.2. The minimum atomic E-state index is -0.619. The van der Waals surface area contributed by atoms with E-state index < -0.39 is 24.1 Å². The lowest BCUT2D eigenvalue weighted by molar-refractivity contribution is -0.149. The summed E-state index contributed by atoms with van der Waals surface area (Å²) < 4.78 is 33.5. The molecule has 0 spiro atoms. The van der Waals surface area contributed by atoms with E-state index in [0.29, 0.717) is 35.9 Å². The van der Waals surface area contributed by atoms with Crippen molar-refractivity contribution in [3.63, 3.8) is 0 Å². The standard InChI is InChI=1S/C30H36O8/c1-7-13-33-17-27(37-29(31)21(3)4)19-35-25-11-9-23-10-12-26(16-24(23)15-25)36-20-28(18-34-14-8-2)38-30(32)22(5)6/h7-12,15-16,27-28H,1-3,5,13-14,17-20H2,4,6H3. The van der Waals surface area contributed by atoms with Gasteiger partial charge in [0.2, 0.25) is 0 Å². The summed E-state index contributed by atoms with van der Waals surface area (Å²) >= 11 is 0. The molecule has 2 unspecified atom stereocenters. The van der Waals surface area contributed by atoms with Crippen molar-refractivity contribution in [2.24, 2.45) is 0 Å². The highest BCUT2D eigenvalue weighted by molar-refractivity contribution is 5.87. The van der Waals surface area contributed by atoms with Crippen LogP contribution < -0.4 is 9.47 Å². The fraction of sp³-hybridized carbons (Fsp3) is 0.333. The molecule has 0 aliphatic carbocycles. The van der Waals surface area contributed by atoms with E-state index in [-0.39, 0.29) is 26.4 Å². The zero-order chi connectivity index (χ0) is 27.9. The summed E-state index contributed by atoms with van der Waals surface area (Å²) in [6, 6.07) is 11.2. The number of rotatable bonds is 18. The van der Waals surface area contributed by atoms with E-state index in [9.17, 15) is 9.59 Å².